The van der Waals surface area contributed by atoms with Crippen LogP contribution in [0.2, 0.25) is 5.02 Å². The molecule has 2 aromatic carbocycles. The van der Waals surface area contributed by atoms with Crippen LogP contribution in [-0.4, -0.2) is 23.5 Å². The molecule has 0 spiro atoms. The fraction of sp³-hybridized carbons (Fsp3) is 0.227. The summed E-state index contributed by atoms with van der Waals surface area (Å²) >= 11 is 14.5. The number of benzene rings is 2. The maximum atomic E-state index is 12.0. The van der Waals surface area contributed by atoms with Crippen LogP contribution in [0.4, 0.5) is 0 Å². The van der Waals surface area contributed by atoms with Crippen molar-refractivity contribution in [2.45, 2.75) is 26.2 Å². The summed E-state index contributed by atoms with van der Waals surface area (Å²) in [5, 5.41) is 2.89. The third-order valence-corrected chi connectivity index (χ3v) is 5.20. The lowest BCUT2D eigenvalue weighted by Crippen LogP contribution is -2.49. The average molecular weight is 525 g/mol. The fourth-order valence-electron chi connectivity index (χ4n) is 2.35. The zero-order valence-corrected chi connectivity index (χ0v) is 20.5. The smallest absolute Gasteiger partial charge is 0.276 e. The molecular formula is C22H23BrClN3O3S. The third-order valence-electron chi connectivity index (χ3n) is 4.03. The van der Waals surface area contributed by atoms with E-state index in [1.54, 1.807) is 24.3 Å². The Balaban J connectivity index is 1.76. The minimum Gasteiger partial charge on any atom is -0.483 e. The van der Waals surface area contributed by atoms with Crippen molar-refractivity contribution in [1.29, 1.82) is 0 Å². The molecule has 0 aliphatic rings. The Morgan fingerprint density at radius 2 is 1.87 bits per heavy atom. The summed E-state index contributed by atoms with van der Waals surface area (Å²) in [6.45, 7) is 6.11. The molecule has 2 rings (SSSR count). The Morgan fingerprint density at radius 1 is 1.16 bits per heavy atom. The first kappa shape index (κ1) is 24.8. The van der Waals surface area contributed by atoms with Crippen LogP contribution in [0.15, 0.2) is 53.0 Å². The predicted octanol–water partition coefficient (Wildman–Crippen LogP) is 4.51. The Kier molecular flexibility index (Phi) is 9.03. The molecular weight excluding hydrogens is 502 g/mol. The van der Waals surface area contributed by atoms with Crippen molar-refractivity contribution in [2.24, 2.45) is 0 Å². The van der Waals surface area contributed by atoms with E-state index in [9.17, 15) is 9.59 Å². The van der Waals surface area contributed by atoms with E-state index in [0.29, 0.717) is 16.3 Å². The molecule has 0 aliphatic carbocycles. The van der Waals surface area contributed by atoms with Gasteiger partial charge in [-0.3, -0.25) is 25.8 Å². The van der Waals surface area contributed by atoms with Gasteiger partial charge in [-0.05, 0) is 69.0 Å². The van der Waals surface area contributed by atoms with Crippen LogP contribution in [-0.2, 0) is 15.0 Å². The molecule has 2 aromatic rings. The molecule has 0 fully saturated rings. The fourth-order valence-corrected chi connectivity index (χ4v) is 3.19. The monoisotopic (exact) mass is 523 g/mol. The molecule has 0 radical (unpaired) electrons. The molecule has 9 heteroatoms. The zero-order valence-electron chi connectivity index (χ0n) is 17.3. The highest BCUT2D eigenvalue weighted by atomic mass is 79.9. The zero-order chi connectivity index (χ0) is 23.0. The number of carbonyl (C=O) groups excluding carboxylic acids is 2. The lowest BCUT2D eigenvalue weighted by atomic mass is 9.87. The van der Waals surface area contributed by atoms with E-state index in [2.05, 4.69) is 52.9 Å². The SMILES string of the molecule is CC(C)(C)c1ccc(OCC(=O)NNC(=S)NC(=O)/C=C/c2ccccc2Cl)c(Br)c1. The highest BCUT2D eigenvalue weighted by molar-refractivity contribution is 9.10. The molecule has 0 saturated heterocycles. The molecule has 6 nitrogen and oxygen atoms in total. The molecule has 0 bridgehead atoms. The molecule has 164 valence electrons. The van der Waals surface area contributed by atoms with Crippen molar-refractivity contribution in [3.63, 3.8) is 0 Å². The van der Waals surface area contributed by atoms with Crippen molar-refractivity contribution in [3.05, 3.63) is 69.2 Å². The van der Waals surface area contributed by atoms with E-state index in [0.717, 1.165) is 10.0 Å². The second kappa shape index (κ2) is 11.3. The van der Waals surface area contributed by atoms with Crippen LogP contribution in [0.5, 0.6) is 5.75 Å². The molecule has 0 unspecified atom stereocenters. The highest BCUT2D eigenvalue weighted by Gasteiger charge is 2.15. The first-order valence-corrected chi connectivity index (χ1v) is 10.9. The lowest BCUT2D eigenvalue weighted by Gasteiger charge is -2.20. The molecule has 3 N–H and O–H groups in total. The molecule has 0 saturated carbocycles. The lowest BCUT2D eigenvalue weighted by molar-refractivity contribution is -0.123. The number of hydrazine groups is 1. The summed E-state index contributed by atoms with van der Waals surface area (Å²) < 4.78 is 6.28. The number of thiocarbonyl (C=S) groups is 1. The van der Waals surface area contributed by atoms with E-state index >= 15 is 0 Å². The van der Waals surface area contributed by atoms with Gasteiger partial charge in [-0.1, -0.05) is 56.6 Å². The van der Waals surface area contributed by atoms with Crippen molar-refractivity contribution >= 4 is 62.8 Å². The topological polar surface area (TPSA) is 79.5 Å². The Labute approximate surface area is 200 Å². The molecule has 0 heterocycles. The van der Waals surface area contributed by atoms with Crippen molar-refractivity contribution in [1.82, 2.24) is 16.2 Å². The van der Waals surface area contributed by atoms with Gasteiger partial charge in [0, 0.05) is 11.1 Å². The number of rotatable bonds is 5. The van der Waals surface area contributed by atoms with Crippen LogP contribution >= 0.6 is 39.7 Å². The summed E-state index contributed by atoms with van der Waals surface area (Å²) in [4.78, 5) is 23.9. The van der Waals surface area contributed by atoms with Crippen LogP contribution in [0.1, 0.15) is 31.9 Å². The van der Waals surface area contributed by atoms with Crippen molar-refractivity contribution in [2.75, 3.05) is 6.61 Å². The second-order valence-corrected chi connectivity index (χ2v) is 9.20. The maximum absolute atomic E-state index is 12.0. The third kappa shape index (κ3) is 8.32. The van der Waals surface area contributed by atoms with Crippen molar-refractivity contribution in [3.8, 4) is 5.75 Å². The number of hydrogen-bond acceptors (Lipinski definition) is 4. The van der Waals surface area contributed by atoms with Gasteiger partial charge in [0.05, 0.1) is 4.47 Å². The molecule has 2 amide bonds. The van der Waals surface area contributed by atoms with Gasteiger partial charge in [-0.25, -0.2) is 0 Å². The molecule has 0 aliphatic heterocycles. The van der Waals surface area contributed by atoms with Crippen LogP contribution < -0.4 is 20.9 Å². The number of halogens is 2. The molecule has 0 atom stereocenters. The summed E-state index contributed by atoms with van der Waals surface area (Å²) in [5.41, 5.74) is 6.66. The predicted molar refractivity (Wildman–Crippen MR) is 131 cm³/mol. The number of amides is 2. The number of nitrogens with one attached hydrogen (secondary N) is 3. The second-order valence-electron chi connectivity index (χ2n) is 7.53. The Morgan fingerprint density at radius 3 is 2.52 bits per heavy atom. The van der Waals surface area contributed by atoms with Crippen molar-refractivity contribution < 1.29 is 14.3 Å². The highest BCUT2D eigenvalue weighted by Crippen LogP contribution is 2.31. The first-order valence-electron chi connectivity index (χ1n) is 9.31. The van der Waals surface area contributed by atoms with E-state index < -0.39 is 11.8 Å². The van der Waals surface area contributed by atoms with Gasteiger partial charge in [0.25, 0.3) is 5.91 Å². The van der Waals surface area contributed by atoms with E-state index in [1.807, 2.05) is 24.3 Å². The van der Waals surface area contributed by atoms with E-state index in [1.165, 1.54) is 6.08 Å². The average Bonchev–Trinajstić information content (AvgIpc) is 2.70. The minimum atomic E-state index is -0.467. The Hall–Kier alpha value is -2.42. The Bertz CT molecular complexity index is 1010. The number of carbonyl (C=O) groups is 2. The largest absolute Gasteiger partial charge is 0.483 e. The van der Waals surface area contributed by atoms with Crippen LogP contribution in [0, 0.1) is 0 Å². The molecule has 0 aromatic heterocycles. The summed E-state index contributed by atoms with van der Waals surface area (Å²) in [7, 11) is 0. The quantitative estimate of drug-likeness (QED) is 0.305. The van der Waals surface area contributed by atoms with Gasteiger partial charge in [0.2, 0.25) is 5.91 Å². The van der Waals surface area contributed by atoms with Crippen LogP contribution in [0.3, 0.4) is 0 Å². The van der Waals surface area contributed by atoms with Gasteiger partial charge in [-0.2, -0.15) is 0 Å². The first-order chi connectivity index (χ1) is 14.6. The van der Waals surface area contributed by atoms with Gasteiger partial charge < -0.3 is 4.74 Å². The molecule has 31 heavy (non-hydrogen) atoms. The van der Waals surface area contributed by atoms with Gasteiger partial charge in [0.15, 0.2) is 11.7 Å². The van der Waals surface area contributed by atoms with Gasteiger partial charge in [-0.15, -0.1) is 0 Å². The summed E-state index contributed by atoms with van der Waals surface area (Å²) in [5.74, 6) is -0.385. The summed E-state index contributed by atoms with van der Waals surface area (Å²) in [6, 6.07) is 12.8. The maximum Gasteiger partial charge on any atom is 0.276 e. The number of ether oxygens (including phenoxy) is 1. The minimum absolute atomic E-state index is 0.00498. The van der Waals surface area contributed by atoms with E-state index in [-0.39, 0.29) is 17.1 Å². The normalized spacial score (nSPS) is 11.1. The standard InChI is InChI=1S/C22H23BrClN3O3S/c1-22(2,3)15-9-10-18(16(23)12-15)30-13-20(29)26-27-21(31)25-19(28)11-8-14-6-4-5-7-17(14)24/h4-12H,13H2,1-3H3,(H,26,29)(H2,25,27,28,31)/b11-8+. The summed E-state index contributed by atoms with van der Waals surface area (Å²) in [6.07, 6.45) is 2.86. The number of hydrogen-bond donors (Lipinski definition) is 3. The van der Waals surface area contributed by atoms with E-state index in [4.69, 9.17) is 28.6 Å². The van der Waals surface area contributed by atoms with Gasteiger partial charge in [0.1, 0.15) is 5.75 Å². The van der Waals surface area contributed by atoms with Gasteiger partial charge >= 0.3 is 0 Å². The van der Waals surface area contributed by atoms with Crippen LogP contribution in [0.25, 0.3) is 6.08 Å².